The van der Waals surface area contributed by atoms with Crippen molar-refractivity contribution in [2.75, 3.05) is 17.3 Å². The normalized spacial score (nSPS) is 12.3. The lowest BCUT2D eigenvalue weighted by Gasteiger charge is -2.15. The van der Waals surface area contributed by atoms with E-state index in [1.807, 2.05) is 12.1 Å². The van der Waals surface area contributed by atoms with Gasteiger partial charge in [-0.05, 0) is 72.3 Å². The van der Waals surface area contributed by atoms with Gasteiger partial charge in [-0.15, -0.1) is 0 Å². The van der Waals surface area contributed by atoms with Crippen molar-refractivity contribution in [1.82, 2.24) is 0 Å². The molecule has 0 saturated carbocycles. The van der Waals surface area contributed by atoms with Gasteiger partial charge in [-0.1, -0.05) is 35.9 Å². The Morgan fingerprint density at radius 1 is 0.838 bits per heavy atom. The average Bonchev–Trinajstić information content (AvgIpc) is 3.18. The standard InChI is InChI=1S/C29H21ClN2O5/c1-36-26-16-19(8-15-25(26)37-17-18-6-9-20(30)10-7-18)27(33)31-21-11-13-22(14-12-21)32-28(34)23-4-2-3-5-24(23)29(32)35/h2-16H,17H2,1H3,(H,31,33). The Morgan fingerprint density at radius 3 is 2.11 bits per heavy atom. The molecule has 5 rings (SSSR count). The molecular formula is C29H21ClN2O5. The number of hydrogen-bond donors (Lipinski definition) is 1. The van der Waals surface area contributed by atoms with Crippen LogP contribution in [0.2, 0.25) is 5.02 Å². The second-order valence-electron chi connectivity index (χ2n) is 8.27. The molecule has 0 radical (unpaired) electrons. The summed E-state index contributed by atoms with van der Waals surface area (Å²) in [5, 5.41) is 3.46. The van der Waals surface area contributed by atoms with Crippen LogP contribution >= 0.6 is 11.6 Å². The molecule has 4 aromatic rings. The Hall–Kier alpha value is -4.62. The zero-order valence-electron chi connectivity index (χ0n) is 19.7. The molecule has 7 nitrogen and oxygen atoms in total. The lowest BCUT2D eigenvalue weighted by atomic mass is 10.1. The van der Waals surface area contributed by atoms with Crippen molar-refractivity contribution in [3.63, 3.8) is 0 Å². The number of halogens is 1. The predicted octanol–water partition coefficient (Wildman–Crippen LogP) is 5.98. The number of carbonyl (C=O) groups is 3. The van der Waals surface area contributed by atoms with Gasteiger partial charge >= 0.3 is 0 Å². The van der Waals surface area contributed by atoms with Gasteiger partial charge in [-0.2, -0.15) is 0 Å². The van der Waals surface area contributed by atoms with Gasteiger partial charge in [-0.3, -0.25) is 14.4 Å². The fourth-order valence-corrected chi connectivity index (χ4v) is 4.12. The zero-order chi connectivity index (χ0) is 25.9. The fourth-order valence-electron chi connectivity index (χ4n) is 3.99. The summed E-state index contributed by atoms with van der Waals surface area (Å²) in [6.07, 6.45) is 0. The van der Waals surface area contributed by atoms with E-state index in [2.05, 4.69) is 5.32 Å². The van der Waals surface area contributed by atoms with Crippen molar-refractivity contribution in [3.05, 3.63) is 118 Å². The van der Waals surface area contributed by atoms with Crippen LogP contribution < -0.4 is 19.7 Å². The van der Waals surface area contributed by atoms with Crippen LogP contribution in [0.25, 0.3) is 0 Å². The van der Waals surface area contributed by atoms with Crippen molar-refractivity contribution in [2.45, 2.75) is 6.61 Å². The van der Waals surface area contributed by atoms with E-state index < -0.39 is 0 Å². The van der Waals surface area contributed by atoms with E-state index in [1.54, 1.807) is 78.9 Å². The molecule has 0 aliphatic carbocycles. The number of methoxy groups -OCH3 is 1. The third-order valence-corrected chi connectivity index (χ3v) is 6.16. The Labute approximate surface area is 218 Å². The molecule has 0 saturated heterocycles. The lowest BCUT2D eigenvalue weighted by molar-refractivity contribution is 0.0924. The molecule has 0 unspecified atom stereocenters. The van der Waals surface area contributed by atoms with Gasteiger partial charge < -0.3 is 14.8 Å². The third kappa shape index (κ3) is 4.90. The molecule has 1 aliphatic rings. The predicted molar refractivity (Wildman–Crippen MR) is 141 cm³/mol. The van der Waals surface area contributed by atoms with E-state index in [0.717, 1.165) is 10.5 Å². The monoisotopic (exact) mass is 512 g/mol. The van der Waals surface area contributed by atoms with E-state index in [1.165, 1.54) is 7.11 Å². The number of rotatable bonds is 7. The van der Waals surface area contributed by atoms with Crippen LogP contribution in [0, 0.1) is 0 Å². The number of fused-ring (bicyclic) bond motifs is 1. The molecule has 1 heterocycles. The van der Waals surface area contributed by atoms with Crippen LogP contribution in [0.1, 0.15) is 36.6 Å². The van der Waals surface area contributed by atoms with E-state index in [4.69, 9.17) is 21.1 Å². The van der Waals surface area contributed by atoms with Gasteiger partial charge in [0.2, 0.25) is 0 Å². The van der Waals surface area contributed by atoms with Crippen molar-refractivity contribution in [2.24, 2.45) is 0 Å². The molecule has 1 aliphatic heterocycles. The number of imide groups is 1. The highest BCUT2D eigenvalue weighted by molar-refractivity contribution is 6.34. The van der Waals surface area contributed by atoms with Crippen LogP contribution in [0.5, 0.6) is 11.5 Å². The zero-order valence-corrected chi connectivity index (χ0v) is 20.5. The maximum atomic E-state index is 12.9. The van der Waals surface area contributed by atoms with Crippen molar-refractivity contribution >= 4 is 40.7 Å². The summed E-state index contributed by atoms with van der Waals surface area (Å²) in [5.41, 5.74) is 3.00. The molecule has 37 heavy (non-hydrogen) atoms. The molecule has 0 fully saturated rings. The van der Waals surface area contributed by atoms with Crippen LogP contribution in [0.15, 0.2) is 91.0 Å². The first-order valence-corrected chi connectivity index (χ1v) is 11.8. The van der Waals surface area contributed by atoms with E-state index >= 15 is 0 Å². The largest absolute Gasteiger partial charge is 0.493 e. The van der Waals surface area contributed by atoms with Crippen molar-refractivity contribution < 1.29 is 23.9 Å². The molecule has 184 valence electrons. The summed E-state index contributed by atoms with van der Waals surface area (Å²) in [6, 6.07) is 25.4. The first kappa shape index (κ1) is 24.1. The second-order valence-corrected chi connectivity index (χ2v) is 8.71. The smallest absolute Gasteiger partial charge is 0.266 e. The van der Waals surface area contributed by atoms with E-state index in [0.29, 0.717) is 51.2 Å². The van der Waals surface area contributed by atoms with Crippen molar-refractivity contribution in [3.8, 4) is 11.5 Å². The maximum absolute atomic E-state index is 12.9. The topological polar surface area (TPSA) is 84.9 Å². The number of nitrogens with one attached hydrogen (secondary N) is 1. The lowest BCUT2D eigenvalue weighted by Crippen LogP contribution is -2.29. The number of anilines is 2. The summed E-state index contributed by atoms with van der Waals surface area (Å²) in [4.78, 5) is 39.4. The summed E-state index contributed by atoms with van der Waals surface area (Å²) in [5.74, 6) is -0.177. The molecule has 3 amide bonds. The Morgan fingerprint density at radius 2 is 1.49 bits per heavy atom. The van der Waals surface area contributed by atoms with Gasteiger partial charge in [-0.25, -0.2) is 4.90 Å². The summed E-state index contributed by atoms with van der Waals surface area (Å²) in [6.45, 7) is 0.318. The molecule has 0 spiro atoms. The van der Waals surface area contributed by atoms with Gasteiger partial charge in [0.05, 0.1) is 23.9 Å². The van der Waals surface area contributed by atoms with Crippen LogP contribution in [-0.2, 0) is 6.61 Å². The highest BCUT2D eigenvalue weighted by atomic mass is 35.5. The number of nitrogens with zero attached hydrogens (tertiary/aromatic N) is 1. The number of ether oxygens (including phenoxy) is 2. The van der Waals surface area contributed by atoms with Crippen LogP contribution in [-0.4, -0.2) is 24.8 Å². The first-order chi connectivity index (χ1) is 17.9. The number of carbonyl (C=O) groups excluding carboxylic acids is 3. The minimum atomic E-state index is -0.372. The third-order valence-electron chi connectivity index (χ3n) is 5.91. The van der Waals surface area contributed by atoms with Crippen LogP contribution in [0.4, 0.5) is 11.4 Å². The van der Waals surface area contributed by atoms with E-state index in [9.17, 15) is 14.4 Å². The highest BCUT2D eigenvalue weighted by Gasteiger charge is 2.36. The molecule has 0 bridgehead atoms. The second kappa shape index (κ2) is 10.2. The molecule has 0 atom stereocenters. The summed E-state index contributed by atoms with van der Waals surface area (Å²) >= 11 is 5.92. The molecular weight excluding hydrogens is 492 g/mol. The minimum absolute atomic E-state index is 0.318. The van der Waals surface area contributed by atoms with Gasteiger partial charge in [0, 0.05) is 16.3 Å². The fraction of sp³-hybridized carbons (Fsp3) is 0.0690. The minimum Gasteiger partial charge on any atom is -0.493 e. The van der Waals surface area contributed by atoms with E-state index in [-0.39, 0.29) is 17.7 Å². The highest BCUT2D eigenvalue weighted by Crippen LogP contribution is 2.31. The molecule has 8 heteroatoms. The Kier molecular flexibility index (Phi) is 6.62. The van der Waals surface area contributed by atoms with Gasteiger partial charge in [0.25, 0.3) is 17.7 Å². The number of amides is 3. The van der Waals surface area contributed by atoms with Crippen LogP contribution in [0.3, 0.4) is 0 Å². The van der Waals surface area contributed by atoms with Gasteiger partial charge in [0.1, 0.15) is 6.61 Å². The van der Waals surface area contributed by atoms with Gasteiger partial charge in [0.15, 0.2) is 11.5 Å². The van der Waals surface area contributed by atoms with Crippen molar-refractivity contribution in [1.29, 1.82) is 0 Å². The maximum Gasteiger partial charge on any atom is 0.266 e. The number of benzene rings is 4. The first-order valence-electron chi connectivity index (χ1n) is 11.4. The quantitative estimate of drug-likeness (QED) is 0.308. The average molecular weight is 513 g/mol. The number of hydrogen-bond acceptors (Lipinski definition) is 5. The summed E-state index contributed by atoms with van der Waals surface area (Å²) in [7, 11) is 1.50. The molecule has 1 N–H and O–H groups in total. The summed E-state index contributed by atoms with van der Waals surface area (Å²) < 4.78 is 11.3. The SMILES string of the molecule is COc1cc(C(=O)Nc2ccc(N3C(=O)c4ccccc4C3=O)cc2)ccc1OCc1ccc(Cl)cc1. The molecule has 0 aromatic heterocycles. The molecule has 4 aromatic carbocycles. The Balaban J connectivity index is 1.26. The Bertz CT molecular complexity index is 1460.